The number of amides is 2. The fraction of sp³-hybridized carbons (Fsp3) is 0.385. The van der Waals surface area contributed by atoms with Gasteiger partial charge in [-0.3, -0.25) is 9.59 Å². The Morgan fingerprint density at radius 3 is 2.44 bits per heavy atom. The third-order valence-electron chi connectivity index (χ3n) is 2.52. The first-order valence-corrected chi connectivity index (χ1v) is 5.73. The topological polar surface area (TPSA) is 58.2 Å². The molecule has 4 nitrogen and oxygen atoms in total. The number of hydrogen-bond donors (Lipinski definition) is 2. The van der Waals surface area contributed by atoms with Gasteiger partial charge in [-0.25, -0.2) is 4.39 Å². The van der Waals surface area contributed by atoms with E-state index < -0.39 is 6.04 Å². The zero-order valence-electron chi connectivity index (χ0n) is 10.7. The van der Waals surface area contributed by atoms with Gasteiger partial charge in [0.2, 0.25) is 11.8 Å². The summed E-state index contributed by atoms with van der Waals surface area (Å²) in [7, 11) is 0. The monoisotopic (exact) mass is 252 g/mol. The fourth-order valence-electron chi connectivity index (χ4n) is 1.57. The van der Waals surface area contributed by atoms with Crippen molar-refractivity contribution in [3.8, 4) is 0 Å². The highest BCUT2D eigenvalue weighted by Crippen LogP contribution is 2.13. The Kier molecular flexibility index (Phi) is 4.83. The molecule has 0 aliphatic carbocycles. The molecule has 0 fully saturated rings. The minimum Gasteiger partial charge on any atom is -0.348 e. The van der Waals surface area contributed by atoms with Gasteiger partial charge in [0.15, 0.2) is 0 Å². The first kappa shape index (κ1) is 14.2. The Hall–Kier alpha value is -1.91. The van der Waals surface area contributed by atoms with Crippen LogP contribution < -0.4 is 10.6 Å². The first-order valence-electron chi connectivity index (χ1n) is 5.73. The van der Waals surface area contributed by atoms with Crippen molar-refractivity contribution in [3.05, 3.63) is 35.6 Å². The molecule has 5 heteroatoms. The molecule has 1 aromatic rings. The second-order valence-electron chi connectivity index (χ2n) is 4.21. The summed E-state index contributed by atoms with van der Waals surface area (Å²) in [6.45, 7) is 4.70. The number of hydrogen-bond acceptors (Lipinski definition) is 2. The Morgan fingerprint density at radius 1 is 1.22 bits per heavy atom. The molecule has 0 saturated carbocycles. The molecule has 2 amide bonds. The summed E-state index contributed by atoms with van der Waals surface area (Å²) in [5, 5.41) is 5.19. The molecule has 18 heavy (non-hydrogen) atoms. The lowest BCUT2D eigenvalue weighted by Crippen LogP contribution is -2.44. The number of nitrogens with one attached hydrogen (secondary N) is 2. The maximum absolute atomic E-state index is 13.0. The van der Waals surface area contributed by atoms with Crippen LogP contribution in [0.3, 0.4) is 0 Å². The van der Waals surface area contributed by atoms with E-state index in [1.54, 1.807) is 26.0 Å². The van der Waals surface area contributed by atoms with Gasteiger partial charge in [0, 0.05) is 6.92 Å². The summed E-state index contributed by atoms with van der Waals surface area (Å²) in [4.78, 5) is 22.5. The molecule has 98 valence electrons. The molecule has 1 rings (SSSR count). The highest BCUT2D eigenvalue weighted by atomic mass is 19.1. The average Bonchev–Trinajstić information content (AvgIpc) is 2.27. The molecule has 0 aliphatic rings. The van der Waals surface area contributed by atoms with Crippen molar-refractivity contribution in [2.45, 2.75) is 32.9 Å². The second-order valence-corrected chi connectivity index (χ2v) is 4.21. The van der Waals surface area contributed by atoms with Gasteiger partial charge in [-0.2, -0.15) is 0 Å². The molecule has 0 radical (unpaired) electrons. The van der Waals surface area contributed by atoms with Crippen LogP contribution in [0.4, 0.5) is 4.39 Å². The normalized spacial score (nSPS) is 13.6. The van der Waals surface area contributed by atoms with Gasteiger partial charge in [-0.15, -0.1) is 0 Å². The second kappa shape index (κ2) is 6.14. The predicted octanol–water partition coefficient (Wildman–Crippen LogP) is 1.53. The molecule has 0 unspecified atom stereocenters. The van der Waals surface area contributed by atoms with E-state index in [-0.39, 0.29) is 23.7 Å². The van der Waals surface area contributed by atoms with Crippen LogP contribution in [-0.2, 0) is 9.59 Å². The number of carbonyl (C=O) groups excluding carboxylic acids is 2. The summed E-state index contributed by atoms with van der Waals surface area (Å²) in [5.74, 6) is -0.915. The standard InChI is InChI=1S/C13H17FN2O2/c1-8(11-5-4-6-12(14)7-11)16-13(18)9(2)15-10(3)17/h4-9H,1-3H3,(H,15,17)(H,16,18)/t8-,9+/m0/s1. The smallest absolute Gasteiger partial charge is 0.242 e. The Morgan fingerprint density at radius 2 is 1.89 bits per heavy atom. The van der Waals surface area contributed by atoms with Crippen LogP contribution in [-0.4, -0.2) is 17.9 Å². The van der Waals surface area contributed by atoms with E-state index in [2.05, 4.69) is 10.6 Å². The van der Waals surface area contributed by atoms with Crippen LogP contribution in [0.1, 0.15) is 32.4 Å². The van der Waals surface area contributed by atoms with Crippen molar-refractivity contribution in [2.75, 3.05) is 0 Å². The van der Waals surface area contributed by atoms with E-state index in [9.17, 15) is 14.0 Å². The average molecular weight is 252 g/mol. The zero-order valence-corrected chi connectivity index (χ0v) is 10.7. The molecule has 0 aliphatic heterocycles. The van der Waals surface area contributed by atoms with Crippen LogP contribution >= 0.6 is 0 Å². The largest absolute Gasteiger partial charge is 0.348 e. The van der Waals surface area contributed by atoms with Crippen LogP contribution in [0.15, 0.2) is 24.3 Å². The van der Waals surface area contributed by atoms with Crippen LogP contribution in [0.2, 0.25) is 0 Å². The van der Waals surface area contributed by atoms with Crippen molar-refractivity contribution in [1.29, 1.82) is 0 Å². The summed E-state index contributed by atoms with van der Waals surface area (Å²) in [6, 6.07) is 5.11. The van der Waals surface area contributed by atoms with E-state index in [1.807, 2.05) is 0 Å². The van der Waals surface area contributed by atoms with Crippen LogP contribution in [0.5, 0.6) is 0 Å². The minimum absolute atomic E-state index is 0.268. The van der Waals surface area contributed by atoms with E-state index in [1.165, 1.54) is 19.1 Å². The van der Waals surface area contributed by atoms with Crippen molar-refractivity contribution < 1.29 is 14.0 Å². The Balaban J connectivity index is 2.62. The van der Waals surface area contributed by atoms with Gasteiger partial charge in [-0.05, 0) is 31.5 Å². The molecule has 0 bridgehead atoms. The maximum Gasteiger partial charge on any atom is 0.242 e. The summed E-state index contributed by atoms with van der Waals surface area (Å²) in [5.41, 5.74) is 0.679. The van der Waals surface area contributed by atoms with Crippen molar-refractivity contribution >= 4 is 11.8 Å². The summed E-state index contributed by atoms with van der Waals surface area (Å²) >= 11 is 0. The summed E-state index contributed by atoms with van der Waals surface area (Å²) in [6.07, 6.45) is 0. The van der Waals surface area contributed by atoms with Gasteiger partial charge in [-0.1, -0.05) is 12.1 Å². The van der Waals surface area contributed by atoms with Crippen molar-refractivity contribution in [1.82, 2.24) is 10.6 Å². The lowest BCUT2D eigenvalue weighted by atomic mass is 10.1. The van der Waals surface area contributed by atoms with E-state index in [0.29, 0.717) is 5.56 Å². The van der Waals surface area contributed by atoms with Crippen molar-refractivity contribution in [3.63, 3.8) is 0 Å². The Bertz CT molecular complexity index is 448. The van der Waals surface area contributed by atoms with Gasteiger partial charge >= 0.3 is 0 Å². The van der Waals surface area contributed by atoms with E-state index in [4.69, 9.17) is 0 Å². The molecule has 2 atom stereocenters. The number of halogens is 1. The zero-order chi connectivity index (χ0) is 13.7. The van der Waals surface area contributed by atoms with Gasteiger partial charge in [0.25, 0.3) is 0 Å². The fourth-order valence-corrected chi connectivity index (χ4v) is 1.57. The molecule has 1 aromatic carbocycles. The highest BCUT2D eigenvalue weighted by Gasteiger charge is 2.16. The number of rotatable bonds is 4. The quantitative estimate of drug-likeness (QED) is 0.853. The molecular formula is C13H17FN2O2. The molecule has 2 N–H and O–H groups in total. The molecule has 0 saturated heterocycles. The summed E-state index contributed by atoms with van der Waals surface area (Å²) < 4.78 is 13.0. The first-order chi connectivity index (χ1) is 8.40. The Labute approximate surface area is 106 Å². The predicted molar refractivity (Wildman–Crippen MR) is 66.2 cm³/mol. The molecular weight excluding hydrogens is 235 g/mol. The highest BCUT2D eigenvalue weighted by molar-refractivity contribution is 5.86. The number of carbonyl (C=O) groups is 2. The van der Waals surface area contributed by atoms with E-state index >= 15 is 0 Å². The third-order valence-corrected chi connectivity index (χ3v) is 2.52. The lowest BCUT2D eigenvalue weighted by molar-refractivity contribution is -0.128. The third kappa shape index (κ3) is 4.16. The van der Waals surface area contributed by atoms with Crippen LogP contribution in [0.25, 0.3) is 0 Å². The van der Waals surface area contributed by atoms with Gasteiger partial charge in [0.05, 0.1) is 6.04 Å². The SMILES string of the molecule is CC(=O)N[C@H](C)C(=O)N[C@@H](C)c1cccc(F)c1. The molecule has 0 spiro atoms. The van der Waals surface area contributed by atoms with Crippen molar-refractivity contribution in [2.24, 2.45) is 0 Å². The molecule has 0 aromatic heterocycles. The number of benzene rings is 1. The van der Waals surface area contributed by atoms with Gasteiger partial charge < -0.3 is 10.6 Å². The molecule has 0 heterocycles. The minimum atomic E-state index is -0.612. The maximum atomic E-state index is 13.0. The van der Waals surface area contributed by atoms with Gasteiger partial charge in [0.1, 0.15) is 11.9 Å². The lowest BCUT2D eigenvalue weighted by Gasteiger charge is -2.18. The van der Waals surface area contributed by atoms with Crippen LogP contribution in [0, 0.1) is 5.82 Å². The van der Waals surface area contributed by atoms with E-state index in [0.717, 1.165) is 0 Å².